The van der Waals surface area contributed by atoms with E-state index in [4.69, 9.17) is 4.98 Å². The van der Waals surface area contributed by atoms with Crippen LogP contribution in [0, 0.1) is 13.8 Å². The van der Waals surface area contributed by atoms with E-state index in [2.05, 4.69) is 134 Å². The van der Waals surface area contributed by atoms with Crippen molar-refractivity contribution in [2.24, 2.45) is 0 Å². The predicted molar refractivity (Wildman–Crippen MR) is 208 cm³/mol. The molecule has 0 aliphatic heterocycles. The first kappa shape index (κ1) is 32.4. The molecule has 5 aromatic rings. The number of nitrogens with zero attached hydrogens (tertiary/aromatic N) is 3. The minimum atomic E-state index is 0.886. The topological polar surface area (TPSA) is 21.1 Å². The molecule has 0 atom stereocenters. The standard InChI is InChI=1S/C46H47N3/c1-6-18-37-23-14-16-25-45(37)48(32(3)7-2)40-27-38(28-41(31-40)49-34(5)33(4)42-24-15-17-26-46(42)49)39-29-43(35-19-10-8-11-20-35)47-44(30-39)36-21-12-9-13-22-36/h6-13,19-22,27-31H,1-3,14-18,23-26H2,4-5H3. The molecule has 0 saturated carbocycles. The summed E-state index contributed by atoms with van der Waals surface area (Å²) in [4.78, 5) is 7.58. The van der Waals surface area contributed by atoms with Crippen LogP contribution in [0.5, 0.6) is 0 Å². The fraction of sp³-hybridized carbons (Fsp3) is 0.239. The lowest BCUT2D eigenvalue weighted by Crippen LogP contribution is -2.24. The number of fused-ring (bicyclic) bond motifs is 1. The van der Waals surface area contributed by atoms with Gasteiger partial charge in [-0.1, -0.05) is 79.9 Å². The van der Waals surface area contributed by atoms with Crippen molar-refractivity contribution in [3.63, 3.8) is 0 Å². The van der Waals surface area contributed by atoms with Gasteiger partial charge in [-0.05, 0) is 136 Å². The maximum atomic E-state index is 5.20. The fourth-order valence-corrected chi connectivity index (χ4v) is 7.91. The first-order valence-corrected chi connectivity index (χ1v) is 17.9. The second kappa shape index (κ2) is 14.1. The Hall–Kier alpha value is -5.15. The van der Waals surface area contributed by atoms with Crippen molar-refractivity contribution in [1.29, 1.82) is 0 Å². The average Bonchev–Trinajstić information content (AvgIpc) is 3.41. The molecule has 0 amide bonds. The molecule has 2 heterocycles. The van der Waals surface area contributed by atoms with Crippen molar-refractivity contribution in [3.8, 4) is 39.3 Å². The molecule has 2 aliphatic carbocycles. The van der Waals surface area contributed by atoms with Gasteiger partial charge in [0.05, 0.1) is 11.4 Å². The SMILES string of the molecule is C=CCC1=C(N(C(=C)C=C)c2cc(-c3cc(-c4ccccc4)nc(-c4ccccc4)c3)cc(-n3c(C)c(C)c4c3CCCC4)c2)CCCC1. The summed E-state index contributed by atoms with van der Waals surface area (Å²) in [5.41, 5.74) is 18.2. The molecule has 0 saturated heterocycles. The molecule has 0 fully saturated rings. The molecule has 2 aliphatic rings. The Kier molecular flexibility index (Phi) is 9.35. The Bertz CT molecular complexity index is 2000. The largest absolute Gasteiger partial charge is 0.318 e. The van der Waals surface area contributed by atoms with Gasteiger partial charge >= 0.3 is 0 Å². The molecule has 0 spiro atoms. The first-order valence-electron chi connectivity index (χ1n) is 17.9. The van der Waals surface area contributed by atoms with Gasteiger partial charge in [0.2, 0.25) is 0 Å². The third kappa shape index (κ3) is 6.38. The number of pyridine rings is 1. The van der Waals surface area contributed by atoms with Crippen molar-refractivity contribution in [3.05, 3.63) is 162 Å². The number of rotatable bonds is 10. The van der Waals surface area contributed by atoms with E-state index in [1.807, 2.05) is 12.2 Å². The van der Waals surface area contributed by atoms with Crippen LogP contribution in [0.2, 0.25) is 0 Å². The Morgan fingerprint density at radius 3 is 2.00 bits per heavy atom. The molecule has 3 heteroatoms. The van der Waals surface area contributed by atoms with Gasteiger partial charge in [-0.2, -0.15) is 0 Å². The number of hydrogen-bond acceptors (Lipinski definition) is 2. The lowest BCUT2D eigenvalue weighted by atomic mass is 9.92. The summed E-state index contributed by atoms with van der Waals surface area (Å²) < 4.78 is 2.54. The maximum absolute atomic E-state index is 5.20. The van der Waals surface area contributed by atoms with E-state index in [1.54, 1.807) is 0 Å². The van der Waals surface area contributed by atoms with Crippen LogP contribution < -0.4 is 4.90 Å². The summed E-state index contributed by atoms with van der Waals surface area (Å²) in [6, 6.07) is 32.7. The summed E-state index contributed by atoms with van der Waals surface area (Å²) in [6.07, 6.45) is 14.1. The second-order valence-corrected chi connectivity index (χ2v) is 13.6. The molecular weight excluding hydrogens is 595 g/mol. The van der Waals surface area contributed by atoms with Crippen molar-refractivity contribution in [2.45, 2.75) is 71.6 Å². The van der Waals surface area contributed by atoms with Crippen LogP contribution in [0.4, 0.5) is 5.69 Å². The highest BCUT2D eigenvalue weighted by Crippen LogP contribution is 2.41. The van der Waals surface area contributed by atoms with Crippen molar-refractivity contribution >= 4 is 5.69 Å². The van der Waals surface area contributed by atoms with Crippen LogP contribution in [-0.4, -0.2) is 9.55 Å². The minimum absolute atomic E-state index is 0.886. The van der Waals surface area contributed by atoms with Crippen LogP contribution in [0.3, 0.4) is 0 Å². The maximum Gasteiger partial charge on any atom is 0.0715 e. The molecule has 49 heavy (non-hydrogen) atoms. The normalized spacial score (nSPS) is 14.3. The zero-order valence-corrected chi connectivity index (χ0v) is 29.1. The summed E-state index contributed by atoms with van der Waals surface area (Å²) in [5.74, 6) is 0. The highest BCUT2D eigenvalue weighted by atomic mass is 15.2. The summed E-state index contributed by atoms with van der Waals surface area (Å²) in [6.45, 7) is 17.5. The fourth-order valence-electron chi connectivity index (χ4n) is 7.91. The molecular formula is C46H47N3. The molecule has 0 bridgehead atoms. The number of anilines is 1. The highest BCUT2D eigenvalue weighted by molar-refractivity contribution is 5.81. The third-order valence-electron chi connectivity index (χ3n) is 10.5. The van der Waals surface area contributed by atoms with Crippen molar-refractivity contribution < 1.29 is 0 Å². The highest BCUT2D eigenvalue weighted by Gasteiger charge is 2.25. The Balaban J connectivity index is 1.51. The molecule has 246 valence electrons. The molecule has 0 unspecified atom stereocenters. The van der Waals surface area contributed by atoms with Gasteiger partial charge in [-0.3, -0.25) is 0 Å². The van der Waals surface area contributed by atoms with Gasteiger partial charge < -0.3 is 9.47 Å². The summed E-state index contributed by atoms with van der Waals surface area (Å²) >= 11 is 0. The van der Waals surface area contributed by atoms with Crippen molar-refractivity contribution in [2.75, 3.05) is 4.90 Å². The lowest BCUT2D eigenvalue weighted by Gasteiger charge is -2.34. The average molecular weight is 642 g/mol. The Morgan fingerprint density at radius 1 is 0.735 bits per heavy atom. The second-order valence-electron chi connectivity index (χ2n) is 13.6. The monoisotopic (exact) mass is 641 g/mol. The molecule has 0 N–H and O–H groups in total. The van der Waals surface area contributed by atoms with Gasteiger partial charge in [0.25, 0.3) is 0 Å². The lowest BCUT2D eigenvalue weighted by molar-refractivity contribution is 0.649. The quantitative estimate of drug-likeness (QED) is 0.112. The van der Waals surface area contributed by atoms with E-state index in [0.29, 0.717) is 0 Å². The van der Waals surface area contributed by atoms with E-state index >= 15 is 0 Å². The van der Waals surface area contributed by atoms with Gasteiger partial charge in [-0.15, -0.1) is 6.58 Å². The van der Waals surface area contributed by atoms with Crippen LogP contribution in [-0.2, 0) is 12.8 Å². The van der Waals surface area contributed by atoms with E-state index in [1.165, 1.54) is 58.7 Å². The molecule has 0 radical (unpaired) electrons. The summed E-state index contributed by atoms with van der Waals surface area (Å²) in [7, 11) is 0. The van der Waals surface area contributed by atoms with Crippen LogP contribution in [0.15, 0.2) is 140 Å². The molecule has 3 aromatic carbocycles. The zero-order valence-electron chi connectivity index (χ0n) is 29.1. The smallest absolute Gasteiger partial charge is 0.0715 e. The van der Waals surface area contributed by atoms with Crippen molar-refractivity contribution in [1.82, 2.24) is 9.55 Å². The van der Waals surface area contributed by atoms with Gasteiger partial charge in [0, 0.05) is 45.3 Å². The number of benzene rings is 3. The molecule has 7 rings (SSSR count). The third-order valence-corrected chi connectivity index (χ3v) is 10.5. The van der Waals surface area contributed by atoms with Gasteiger partial charge in [0.1, 0.15) is 0 Å². The molecule has 2 aromatic heterocycles. The van der Waals surface area contributed by atoms with Crippen LogP contribution >= 0.6 is 0 Å². The van der Waals surface area contributed by atoms with Crippen LogP contribution in [0.25, 0.3) is 39.3 Å². The van der Waals surface area contributed by atoms with Gasteiger partial charge in [-0.25, -0.2) is 4.98 Å². The van der Waals surface area contributed by atoms with E-state index in [0.717, 1.165) is 83.6 Å². The van der Waals surface area contributed by atoms with E-state index < -0.39 is 0 Å². The Labute approximate surface area is 292 Å². The Morgan fingerprint density at radius 2 is 1.35 bits per heavy atom. The van der Waals surface area contributed by atoms with E-state index in [9.17, 15) is 0 Å². The zero-order chi connectivity index (χ0) is 33.9. The number of hydrogen-bond donors (Lipinski definition) is 0. The number of allylic oxidation sites excluding steroid dienone is 4. The van der Waals surface area contributed by atoms with Crippen LogP contribution in [0.1, 0.15) is 67.5 Å². The van der Waals surface area contributed by atoms with Gasteiger partial charge in [0.15, 0.2) is 0 Å². The molecule has 3 nitrogen and oxygen atoms in total. The minimum Gasteiger partial charge on any atom is -0.318 e. The summed E-state index contributed by atoms with van der Waals surface area (Å²) in [5, 5.41) is 0. The first-order chi connectivity index (χ1) is 24.0. The number of aromatic nitrogens is 2. The van der Waals surface area contributed by atoms with E-state index in [-0.39, 0.29) is 0 Å². The predicted octanol–water partition coefficient (Wildman–Crippen LogP) is 12.3.